The first-order chi connectivity index (χ1) is 8.59. The lowest BCUT2D eigenvalue weighted by atomic mass is 10.1. The van der Waals surface area contributed by atoms with Crippen molar-refractivity contribution in [2.45, 2.75) is 6.43 Å². The van der Waals surface area contributed by atoms with Gasteiger partial charge in [0.25, 0.3) is 6.43 Å². The Labute approximate surface area is 101 Å². The summed E-state index contributed by atoms with van der Waals surface area (Å²) in [5, 5.41) is 8.69. The van der Waals surface area contributed by atoms with Crippen LogP contribution in [0.4, 0.5) is 8.78 Å². The Bertz CT molecular complexity index is 571. The lowest BCUT2D eigenvalue weighted by molar-refractivity contribution is 0.0696. The second kappa shape index (κ2) is 4.87. The van der Waals surface area contributed by atoms with Gasteiger partial charge in [0.2, 0.25) is 0 Å². The fourth-order valence-corrected chi connectivity index (χ4v) is 1.47. The van der Waals surface area contributed by atoms with Gasteiger partial charge in [-0.25, -0.2) is 23.5 Å². The first kappa shape index (κ1) is 12.1. The molecule has 0 fully saturated rings. The summed E-state index contributed by atoms with van der Waals surface area (Å²) in [6, 6.07) is 5.85. The van der Waals surface area contributed by atoms with E-state index in [1.165, 1.54) is 18.2 Å². The molecule has 1 aromatic heterocycles. The van der Waals surface area contributed by atoms with E-state index in [9.17, 15) is 13.6 Å². The van der Waals surface area contributed by atoms with E-state index in [4.69, 9.17) is 5.11 Å². The molecular formula is C12H8F2N2O2. The van der Waals surface area contributed by atoms with Gasteiger partial charge in [-0.15, -0.1) is 0 Å². The van der Waals surface area contributed by atoms with Gasteiger partial charge in [-0.05, 0) is 0 Å². The largest absolute Gasteiger partial charge is 0.478 e. The highest BCUT2D eigenvalue weighted by Crippen LogP contribution is 2.28. The fraction of sp³-hybridized carbons (Fsp3) is 0.0833. The molecule has 0 amide bonds. The van der Waals surface area contributed by atoms with E-state index >= 15 is 0 Å². The van der Waals surface area contributed by atoms with E-state index < -0.39 is 12.4 Å². The molecule has 0 saturated carbocycles. The third-order valence-electron chi connectivity index (χ3n) is 2.34. The van der Waals surface area contributed by atoms with Crippen LogP contribution in [-0.4, -0.2) is 21.0 Å². The number of aromatic nitrogens is 2. The Morgan fingerprint density at radius 3 is 2.33 bits per heavy atom. The smallest absolute Gasteiger partial charge is 0.338 e. The Morgan fingerprint density at radius 2 is 1.78 bits per heavy atom. The second-order valence-electron chi connectivity index (χ2n) is 3.49. The summed E-state index contributed by atoms with van der Waals surface area (Å²) in [5.74, 6) is -1.08. The molecule has 4 nitrogen and oxygen atoms in total. The van der Waals surface area contributed by atoms with Gasteiger partial charge in [-0.2, -0.15) is 0 Å². The molecule has 92 valence electrons. The van der Waals surface area contributed by atoms with Crippen molar-refractivity contribution in [3.05, 3.63) is 47.8 Å². The lowest BCUT2D eigenvalue weighted by Crippen LogP contribution is -2.00. The third kappa shape index (κ3) is 2.32. The number of rotatable bonds is 3. The molecule has 0 atom stereocenters. The maximum absolute atomic E-state index is 12.8. The predicted molar refractivity (Wildman–Crippen MR) is 59.4 cm³/mol. The minimum atomic E-state index is -2.64. The zero-order valence-electron chi connectivity index (χ0n) is 9.05. The minimum absolute atomic E-state index is 0.0795. The molecule has 1 heterocycles. The number of benzene rings is 1. The standard InChI is InChI=1S/C12H8F2N2O2/c13-10(14)8-3-1-2-4-9(8)11-15-5-7(6-16-11)12(17)18/h1-6,10H,(H,17,18). The number of halogens is 2. The number of carbonyl (C=O) groups is 1. The highest BCUT2D eigenvalue weighted by Gasteiger charge is 2.15. The molecule has 0 aliphatic heterocycles. The summed E-state index contributed by atoms with van der Waals surface area (Å²) in [6.45, 7) is 0. The maximum atomic E-state index is 12.8. The Hall–Kier alpha value is -2.37. The molecule has 0 aliphatic rings. The summed E-state index contributed by atoms with van der Waals surface area (Å²) >= 11 is 0. The molecule has 18 heavy (non-hydrogen) atoms. The van der Waals surface area contributed by atoms with Crippen LogP contribution in [0.1, 0.15) is 22.3 Å². The first-order valence-corrected chi connectivity index (χ1v) is 5.02. The molecular weight excluding hydrogens is 242 g/mol. The average Bonchev–Trinajstić information content (AvgIpc) is 2.39. The Morgan fingerprint density at radius 1 is 1.17 bits per heavy atom. The van der Waals surface area contributed by atoms with Crippen molar-refractivity contribution in [3.63, 3.8) is 0 Å². The van der Waals surface area contributed by atoms with Gasteiger partial charge in [-0.3, -0.25) is 0 Å². The Balaban J connectivity index is 2.46. The van der Waals surface area contributed by atoms with Crippen molar-refractivity contribution in [1.29, 1.82) is 0 Å². The van der Waals surface area contributed by atoms with Crippen molar-refractivity contribution < 1.29 is 18.7 Å². The number of hydrogen-bond acceptors (Lipinski definition) is 3. The topological polar surface area (TPSA) is 63.1 Å². The quantitative estimate of drug-likeness (QED) is 0.909. The molecule has 1 aromatic carbocycles. The van der Waals surface area contributed by atoms with Crippen molar-refractivity contribution in [2.24, 2.45) is 0 Å². The van der Waals surface area contributed by atoms with Crippen LogP contribution >= 0.6 is 0 Å². The lowest BCUT2D eigenvalue weighted by Gasteiger charge is -2.06. The molecule has 0 radical (unpaired) electrons. The molecule has 0 unspecified atom stereocenters. The van der Waals surface area contributed by atoms with Crippen molar-refractivity contribution in [3.8, 4) is 11.4 Å². The number of hydrogen-bond donors (Lipinski definition) is 1. The second-order valence-corrected chi connectivity index (χ2v) is 3.49. The normalized spacial score (nSPS) is 10.6. The monoisotopic (exact) mass is 250 g/mol. The van der Waals surface area contributed by atoms with Crippen LogP contribution in [0.3, 0.4) is 0 Å². The van der Waals surface area contributed by atoms with Gasteiger partial charge >= 0.3 is 5.97 Å². The van der Waals surface area contributed by atoms with Crippen LogP contribution in [0.2, 0.25) is 0 Å². The van der Waals surface area contributed by atoms with Crippen molar-refractivity contribution in [2.75, 3.05) is 0 Å². The third-order valence-corrected chi connectivity index (χ3v) is 2.34. The van der Waals surface area contributed by atoms with Crippen molar-refractivity contribution in [1.82, 2.24) is 9.97 Å². The summed E-state index contributed by atoms with van der Waals surface area (Å²) in [6.07, 6.45) is -0.455. The van der Waals surface area contributed by atoms with Crippen LogP contribution in [-0.2, 0) is 0 Å². The summed E-state index contributed by atoms with van der Waals surface area (Å²) in [7, 11) is 0. The van der Waals surface area contributed by atoms with Gasteiger partial charge < -0.3 is 5.11 Å². The van der Waals surface area contributed by atoms with E-state index in [0.29, 0.717) is 0 Å². The van der Waals surface area contributed by atoms with Crippen LogP contribution in [0.25, 0.3) is 11.4 Å². The van der Waals surface area contributed by atoms with Crippen LogP contribution < -0.4 is 0 Å². The van der Waals surface area contributed by atoms with Crippen LogP contribution in [0, 0.1) is 0 Å². The van der Waals surface area contributed by atoms with Crippen LogP contribution in [0.15, 0.2) is 36.7 Å². The molecule has 0 bridgehead atoms. The van der Waals surface area contributed by atoms with E-state index in [-0.39, 0.29) is 22.5 Å². The van der Waals surface area contributed by atoms with E-state index in [0.717, 1.165) is 12.4 Å². The zero-order chi connectivity index (χ0) is 13.1. The number of aromatic carboxylic acids is 1. The SMILES string of the molecule is O=C(O)c1cnc(-c2ccccc2C(F)F)nc1. The van der Waals surface area contributed by atoms with Crippen LogP contribution in [0.5, 0.6) is 0 Å². The highest BCUT2D eigenvalue weighted by molar-refractivity contribution is 5.86. The summed E-state index contributed by atoms with van der Waals surface area (Å²) < 4.78 is 25.5. The van der Waals surface area contributed by atoms with Gasteiger partial charge in [0.1, 0.15) is 0 Å². The summed E-state index contributed by atoms with van der Waals surface area (Å²) in [5.41, 5.74) is -0.0710. The fourth-order valence-electron chi connectivity index (χ4n) is 1.47. The highest BCUT2D eigenvalue weighted by atomic mass is 19.3. The Kier molecular flexibility index (Phi) is 3.27. The number of carboxylic acids is 1. The molecule has 0 saturated heterocycles. The number of carboxylic acid groups (broad SMARTS) is 1. The van der Waals surface area contributed by atoms with Gasteiger partial charge in [0, 0.05) is 23.5 Å². The molecule has 0 aliphatic carbocycles. The van der Waals surface area contributed by atoms with Crippen molar-refractivity contribution >= 4 is 5.97 Å². The first-order valence-electron chi connectivity index (χ1n) is 5.02. The van der Waals surface area contributed by atoms with E-state index in [1.54, 1.807) is 6.07 Å². The van der Waals surface area contributed by atoms with Gasteiger partial charge in [-0.1, -0.05) is 24.3 Å². The van der Waals surface area contributed by atoms with E-state index in [2.05, 4.69) is 9.97 Å². The maximum Gasteiger partial charge on any atom is 0.338 e. The summed E-state index contributed by atoms with van der Waals surface area (Å²) in [4.78, 5) is 18.2. The average molecular weight is 250 g/mol. The minimum Gasteiger partial charge on any atom is -0.478 e. The molecule has 2 aromatic rings. The zero-order valence-corrected chi connectivity index (χ0v) is 9.05. The van der Waals surface area contributed by atoms with Gasteiger partial charge in [0.15, 0.2) is 5.82 Å². The number of alkyl halides is 2. The number of nitrogens with zero attached hydrogens (tertiary/aromatic N) is 2. The molecule has 0 spiro atoms. The predicted octanol–water partition coefficient (Wildman–Crippen LogP) is 2.78. The molecule has 1 N–H and O–H groups in total. The molecule has 2 rings (SSSR count). The van der Waals surface area contributed by atoms with Gasteiger partial charge in [0.05, 0.1) is 5.56 Å². The van der Waals surface area contributed by atoms with E-state index in [1.807, 2.05) is 0 Å². The molecule has 6 heteroatoms.